The zero-order valence-corrected chi connectivity index (χ0v) is 16.2. The lowest BCUT2D eigenvalue weighted by molar-refractivity contribution is 0.486. The first-order valence-corrected chi connectivity index (χ1v) is 14.5. The molecule has 0 heterocycles. The monoisotopic (exact) mass is 322 g/mol. The van der Waals surface area contributed by atoms with Gasteiger partial charge in [0.2, 0.25) is 0 Å². The highest BCUT2D eigenvalue weighted by Crippen LogP contribution is 2.67. The molecule has 0 radical (unpaired) electrons. The van der Waals surface area contributed by atoms with Crippen LogP contribution in [-0.4, -0.2) is 16.6 Å². The van der Waals surface area contributed by atoms with Crippen LogP contribution in [-0.2, 0) is 4.12 Å². The molecule has 0 aromatic heterocycles. The van der Waals surface area contributed by atoms with Crippen LogP contribution < -0.4 is 0 Å². The van der Waals surface area contributed by atoms with Crippen molar-refractivity contribution < 1.29 is 4.12 Å². The Bertz CT molecular complexity index is 321. The summed E-state index contributed by atoms with van der Waals surface area (Å²) < 4.78 is 7.68. The molecule has 4 rings (SSSR count). The molecule has 0 aliphatic heterocycles. The van der Waals surface area contributed by atoms with Crippen LogP contribution in [0.3, 0.4) is 0 Å². The van der Waals surface area contributed by atoms with Crippen LogP contribution in [0.15, 0.2) is 0 Å². The first-order valence-electron chi connectivity index (χ1n) is 9.95. The number of hydrogen-bond acceptors (Lipinski definition) is 1. The van der Waals surface area contributed by atoms with Gasteiger partial charge in [0.1, 0.15) is 0 Å². The lowest BCUT2D eigenvalue weighted by Gasteiger charge is -2.44. The number of hydrogen-bond donors (Lipinski definition) is 0. The van der Waals surface area contributed by atoms with E-state index in [0.717, 1.165) is 22.2 Å². The Morgan fingerprint density at radius 2 is 0.905 bits per heavy atom. The van der Waals surface area contributed by atoms with Crippen LogP contribution in [0.1, 0.15) is 78.1 Å². The Hall–Kier alpha value is 0.394. The van der Waals surface area contributed by atoms with Gasteiger partial charge in [-0.15, -0.1) is 0 Å². The van der Waals surface area contributed by atoms with Crippen molar-refractivity contribution in [2.75, 3.05) is 0 Å². The molecule has 21 heavy (non-hydrogen) atoms. The molecular weight excluding hydrogens is 288 g/mol. The van der Waals surface area contributed by atoms with Crippen molar-refractivity contribution in [2.24, 2.45) is 0 Å². The van der Waals surface area contributed by atoms with Crippen LogP contribution in [0.4, 0.5) is 0 Å². The van der Waals surface area contributed by atoms with Gasteiger partial charge in [-0.05, 0) is 34.3 Å². The van der Waals surface area contributed by atoms with Gasteiger partial charge in [-0.3, -0.25) is 0 Å². The summed E-state index contributed by atoms with van der Waals surface area (Å²) in [6.07, 6.45) is 15.1. The molecule has 0 aromatic rings. The largest absolute Gasteiger partial charge is 0.454 e. The lowest BCUT2D eigenvalue weighted by atomic mass is 10.6. The molecule has 0 atom stereocenters. The maximum absolute atomic E-state index is 7.68. The minimum Gasteiger partial charge on any atom is -0.454 e. The van der Waals surface area contributed by atoms with Crippen LogP contribution in [0.2, 0.25) is 34.3 Å². The highest BCUT2D eigenvalue weighted by atomic mass is 28.4. The predicted octanol–water partition coefficient (Wildman–Crippen LogP) is 6.37. The van der Waals surface area contributed by atoms with Crippen molar-refractivity contribution in [3.63, 3.8) is 0 Å². The van der Waals surface area contributed by atoms with Crippen LogP contribution in [0.5, 0.6) is 0 Å². The Morgan fingerprint density at radius 1 is 0.619 bits per heavy atom. The summed E-state index contributed by atoms with van der Waals surface area (Å²) >= 11 is 0. The maximum Gasteiger partial charge on any atom is 0.185 e. The molecule has 120 valence electrons. The molecule has 4 fully saturated rings. The van der Waals surface area contributed by atoms with Gasteiger partial charge in [0.25, 0.3) is 0 Å². The summed E-state index contributed by atoms with van der Waals surface area (Å²) in [5, 5.41) is 0. The van der Waals surface area contributed by atoms with E-state index in [9.17, 15) is 0 Å². The zero-order chi connectivity index (χ0) is 14.5. The molecule has 4 aliphatic carbocycles. The Labute approximate surface area is 133 Å². The van der Waals surface area contributed by atoms with Crippen molar-refractivity contribution >= 4 is 16.6 Å². The second kappa shape index (κ2) is 5.49. The smallest absolute Gasteiger partial charge is 0.185 e. The molecule has 0 saturated heterocycles. The minimum atomic E-state index is -1.38. The van der Waals surface area contributed by atoms with Crippen molar-refractivity contribution in [3.8, 4) is 0 Å². The van der Waals surface area contributed by atoms with Gasteiger partial charge in [0, 0.05) is 0 Å². The summed E-state index contributed by atoms with van der Waals surface area (Å²) in [7, 11) is -2.77. The van der Waals surface area contributed by atoms with E-state index in [1.165, 1.54) is 76.3 Å². The second-order valence-electron chi connectivity index (χ2n) is 8.61. The van der Waals surface area contributed by atoms with E-state index in [2.05, 4.69) is 13.8 Å². The highest BCUT2D eigenvalue weighted by Gasteiger charge is 2.65. The zero-order valence-electron chi connectivity index (χ0n) is 14.2. The minimum absolute atomic E-state index is 1.09. The van der Waals surface area contributed by atoms with E-state index < -0.39 is 16.6 Å². The molecule has 3 heteroatoms. The fraction of sp³-hybridized carbons (Fsp3) is 1.00. The van der Waals surface area contributed by atoms with Gasteiger partial charge >= 0.3 is 0 Å². The normalized spacial score (nSPS) is 27.1. The highest BCUT2D eigenvalue weighted by molar-refractivity contribution is 6.91. The summed E-state index contributed by atoms with van der Waals surface area (Å²) in [5.74, 6) is 0. The summed E-state index contributed by atoms with van der Waals surface area (Å²) in [6, 6.07) is 3.03. The van der Waals surface area contributed by atoms with Gasteiger partial charge in [-0.25, -0.2) is 0 Å². The molecule has 0 unspecified atom stereocenters. The third kappa shape index (κ3) is 2.72. The predicted molar refractivity (Wildman–Crippen MR) is 94.7 cm³/mol. The molecule has 0 N–H and O–H groups in total. The number of rotatable bonds is 10. The van der Waals surface area contributed by atoms with E-state index in [1.807, 2.05) is 0 Å². The Balaban J connectivity index is 1.62. The van der Waals surface area contributed by atoms with Crippen LogP contribution >= 0.6 is 0 Å². The summed E-state index contributed by atoms with van der Waals surface area (Å²) in [4.78, 5) is 0. The quantitative estimate of drug-likeness (QED) is 0.425. The SMILES string of the molecule is CCC[Si](O[Si](CCC)(C1CC1)C1CC1)(C1CC1)C1CC1. The van der Waals surface area contributed by atoms with Gasteiger partial charge in [0.05, 0.1) is 0 Å². The Kier molecular flexibility index (Phi) is 3.91. The van der Waals surface area contributed by atoms with Crippen LogP contribution in [0, 0.1) is 0 Å². The van der Waals surface area contributed by atoms with E-state index in [1.54, 1.807) is 0 Å². The van der Waals surface area contributed by atoms with E-state index >= 15 is 0 Å². The van der Waals surface area contributed by atoms with E-state index in [0.29, 0.717) is 0 Å². The Morgan fingerprint density at radius 3 is 1.10 bits per heavy atom. The first kappa shape index (κ1) is 15.0. The van der Waals surface area contributed by atoms with Crippen molar-refractivity contribution in [1.82, 2.24) is 0 Å². The lowest BCUT2D eigenvalue weighted by Crippen LogP contribution is -2.53. The molecule has 1 nitrogen and oxygen atoms in total. The average molecular weight is 323 g/mol. The molecule has 0 amide bonds. The first-order chi connectivity index (χ1) is 10.2. The molecule has 4 saturated carbocycles. The van der Waals surface area contributed by atoms with Crippen molar-refractivity contribution in [2.45, 2.75) is 112 Å². The molecule has 0 spiro atoms. The fourth-order valence-electron chi connectivity index (χ4n) is 5.34. The topological polar surface area (TPSA) is 9.23 Å². The third-order valence-electron chi connectivity index (χ3n) is 6.74. The van der Waals surface area contributed by atoms with Gasteiger partial charge in [-0.2, -0.15) is 0 Å². The standard InChI is InChI=1S/C18H34OSi2/c1-3-13-20(15-5-6-15,16-7-8-16)19-21(14-4-2,17-9-10-17)18-11-12-18/h15-18H,3-14H2,1-2H3. The van der Waals surface area contributed by atoms with E-state index in [4.69, 9.17) is 4.12 Å². The molecular formula is C18H34OSi2. The van der Waals surface area contributed by atoms with Gasteiger partial charge in [-0.1, -0.05) is 78.1 Å². The fourth-order valence-corrected chi connectivity index (χ4v) is 20.8. The maximum atomic E-state index is 7.68. The average Bonchev–Trinajstić information content (AvgIpc) is 3.32. The molecule has 4 aliphatic rings. The van der Waals surface area contributed by atoms with Gasteiger partial charge < -0.3 is 4.12 Å². The summed E-state index contributed by atoms with van der Waals surface area (Å²) in [5.41, 5.74) is 4.36. The molecule has 0 aromatic carbocycles. The molecule has 0 bridgehead atoms. The second-order valence-corrected chi connectivity index (χ2v) is 17.5. The summed E-state index contributed by atoms with van der Waals surface area (Å²) in [6.45, 7) is 4.85. The van der Waals surface area contributed by atoms with Crippen molar-refractivity contribution in [3.05, 3.63) is 0 Å². The van der Waals surface area contributed by atoms with E-state index in [-0.39, 0.29) is 0 Å². The third-order valence-corrected chi connectivity index (χ3v) is 20.2. The van der Waals surface area contributed by atoms with Gasteiger partial charge in [0.15, 0.2) is 16.6 Å². The van der Waals surface area contributed by atoms with Crippen LogP contribution in [0.25, 0.3) is 0 Å². The van der Waals surface area contributed by atoms with Crippen molar-refractivity contribution in [1.29, 1.82) is 0 Å².